The Balaban J connectivity index is 1.54. The summed E-state index contributed by atoms with van der Waals surface area (Å²) >= 11 is 0. The van der Waals surface area contributed by atoms with Crippen LogP contribution < -0.4 is 16.7 Å². The molecule has 0 amide bonds. The third-order valence-corrected chi connectivity index (χ3v) is 5.97. The van der Waals surface area contributed by atoms with E-state index < -0.39 is 11.5 Å². The Bertz CT molecular complexity index is 1420. The number of aryl methyl sites for hydroxylation is 1. The van der Waals surface area contributed by atoms with Gasteiger partial charge in [0.1, 0.15) is 11.6 Å². The van der Waals surface area contributed by atoms with Crippen molar-refractivity contribution in [3.63, 3.8) is 0 Å². The van der Waals surface area contributed by atoms with E-state index >= 15 is 0 Å². The molecule has 0 aliphatic heterocycles. The lowest BCUT2D eigenvalue weighted by Crippen LogP contribution is -2.21. The van der Waals surface area contributed by atoms with Gasteiger partial charge in [0.25, 0.3) is 0 Å². The summed E-state index contributed by atoms with van der Waals surface area (Å²) in [5.41, 5.74) is 11.6. The van der Waals surface area contributed by atoms with E-state index in [2.05, 4.69) is 10.3 Å². The van der Waals surface area contributed by atoms with Crippen LogP contribution in [0.3, 0.4) is 0 Å². The van der Waals surface area contributed by atoms with E-state index in [0.29, 0.717) is 23.4 Å². The number of nitrogens with two attached hydrogens (primary N) is 1. The molecule has 5 rings (SSSR count). The topological polar surface area (TPSA) is 106 Å². The first-order valence-electron chi connectivity index (χ1n) is 11.2. The first-order valence-corrected chi connectivity index (χ1v) is 11.2. The summed E-state index contributed by atoms with van der Waals surface area (Å²) in [7, 11) is 0. The van der Waals surface area contributed by atoms with Crippen molar-refractivity contribution in [1.82, 2.24) is 14.5 Å². The molecular weight excluding hydrogens is 433 g/mol. The van der Waals surface area contributed by atoms with E-state index in [9.17, 15) is 9.18 Å². The predicted molar refractivity (Wildman–Crippen MR) is 130 cm³/mol. The summed E-state index contributed by atoms with van der Waals surface area (Å²) in [4.78, 5) is 20.8. The third-order valence-electron chi connectivity index (χ3n) is 5.97. The number of pyridine rings is 1. The van der Waals surface area contributed by atoms with Gasteiger partial charge in [-0.25, -0.2) is 9.18 Å². The first-order chi connectivity index (χ1) is 16.5. The highest BCUT2D eigenvalue weighted by atomic mass is 19.1. The van der Waals surface area contributed by atoms with Crippen LogP contribution in [0.15, 0.2) is 65.6 Å². The predicted octanol–water partition coefficient (Wildman–Crippen LogP) is 3.78. The number of hydrogen-bond acceptors (Lipinski definition) is 6. The van der Waals surface area contributed by atoms with E-state index in [4.69, 9.17) is 15.8 Å². The molecule has 2 heterocycles. The largest absolute Gasteiger partial charge is 0.396 e. The first kappa shape index (κ1) is 21.8. The van der Waals surface area contributed by atoms with Crippen LogP contribution in [0.4, 0.5) is 21.6 Å². The number of halogens is 1. The lowest BCUT2D eigenvalue weighted by atomic mass is 10.1. The Morgan fingerprint density at radius 2 is 1.88 bits per heavy atom. The summed E-state index contributed by atoms with van der Waals surface area (Å²) in [5.74, 6) is -0.370. The highest BCUT2D eigenvalue weighted by Crippen LogP contribution is 2.34. The normalized spacial score (nSPS) is 12.5. The fraction of sp³-hybridized carbons (Fsp3) is 0.192. The van der Waals surface area contributed by atoms with Crippen LogP contribution in [0.1, 0.15) is 23.2 Å². The number of hydrogen-bond donors (Lipinski definition) is 3. The van der Waals surface area contributed by atoms with Gasteiger partial charge < -0.3 is 16.2 Å². The van der Waals surface area contributed by atoms with Gasteiger partial charge in [-0.1, -0.05) is 12.1 Å². The molecule has 172 valence electrons. The number of aromatic nitrogens is 3. The van der Waals surface area contributed by atoms with E-state index in [1.165, 1.54) is 34.5 Å². The van der Waals surface area contributed by atoms with Gasteiger partial charge in [0.2, 0.25) is 0 Å². The molecule has 2 aromatic heterocycles. The Morgan fingerprint density at radius 3 is 2.65 bits per heavy atom. The molecule has 0 spiro atoms. The van der Waals surface area contributed by atoms with E-state index in [-0.39, 0.29) is 12.4 Å². The van der Waals surface area contributed by atoms with Gasteiger partial charge in [-0.3, -0.25) is 9.55 Å². The van der Waals surface area contributed by atoms with Crippen LogP contribution in [0.2, 0.25) is 0 Å². The minimum absolute atomic E-state index is 0.110. The number of nitrogens with zero attached hydrogens (tertiary/aromatic N) is 3. The van der Waals surface area contributed by atoms with Crippen LogP contribution in [0.25, 0.3) is 16.9 Å². The average Bonchev–Trinajstić information content (AvgIpc) is 3.29. The van der Waals surface area contributed by atoms with E-state index in [1.807, 2.05) is 30.3 Å². The third kappa shape index (κ3) is 4.40. The van der Waals surface area contributed by atoms with Crippen molar-refractivity contribution in [2.24, 2.45) is 0 Å². The van der Waals surface area contributed by atoms with Crippen molar-refractivity contribution < 1.29 is 9.50 Å². The van der Waals surface area contributed by atoms with Gasteiger partial charge in [0.05, 0.1) is 11.4 Å². The molecule has 1 aliphatic carbocycles. The molecule has 0 saturated heterocycles. The van der Waals surface area contributed by atoms with Crippen molar-refractivity contribution >= 4 is 17.2 Å². The molecule has 0 unspecified atom stereocenters. The minimum Gasteiger partial charge on any atom is -0.396 e. The molecule has 0 bridgehead atoms. The van der Waals surface area contributed by atoms with Crippen LogP contribution >= 0.6 is 0 Å². The standard InChI is InChI=1S/C26H24FN5O2/c27-18-12-17(13-20(14-18)32-10-8-25(28)31-26(32)34)23-15-24(21-2-1-3-22(21)30-23)29-19-6-4-16(5-7-19)9-11-33/h4-8,10,12-15,33H,1-3,9,11H2,(H,29,30)(H2,28,31,34). The molecule has 0 radical (unpaired) electrons. The summed E-state index contributed by atoms with van der Waals surface area (Å²) in [6, 6.07) is 15.8. The molecule has 34 heavy (non-hydrogen) atoms. The zero-order chi connectivity index (χ0) is 23.7. The second kappa shape index (κ2) is 9.07. The van der Waals surface area contributed by atoms with E-state index in [0.717, 1.165) is 41.9 Å². The maximum Gasteiger partial charge on any atom is 0.354 e. The second-order valence-electron chi connectivity index (χ2n) is 8.33. The Labute approximate surface area is 195 Å². The fourth-order valence-corrected chi connectivity index (χ4v) is 4.32. The van der Waals surface area contributed by atoms with Crippen molar-refractivity contribution in [3.05, 3.63) is 93.9 Å². The maximum absolute atomic E-state index is 14.6. The fourth-order valence-electron chi connectivity index (χ4n) is 4.32. The van der Waals surface area contributed by atoms with Gasteiger partial charge in [0.15, 0.2) is 0 Å². The van der Waals surface area contributed by atoms with Crippen molar-refractivity contribution in [2.45, 2.75) is 25.7 Å². The van der Waals surface area contributed by atoms with Gasteiger partial charge in [-0.2, -0.15) is 4.98 Å². The summed E-state index contributed by atoms with van der Waals surface area (Å²) in [6.45, 7) is 0.113. The molecule has 2 aromatic carbocycles. The molecule has 0 fully saturated rings. The molecule has 0 atom stereocenters. The second-order valence-corrected chi connectivity index (χ2v) is 8.33. The molecular formula is C26H24FN5O2. The highest BCUT2D eigenvalue weighted by Gasteiger charge is 2.19. The lowest BCUT2D eigenvalue weighted by Gasteiger charge is -2.15. The zero-order valence-corrected chi connectivity index (χ0v) is 18.5. The minimum atomic E-state index is -0.578. The monoisotopic (exact) mass is 457 g/mol. The maximum atomic E-state index is 14.6. The van der Waals surface area contributed by atoms with Gasteiger partial charge in [-0.05, 0) is 79.3 Å². The van der Waals surface area contributed by atoms with Gasteiger partial charge >= 0.3 is 5.69 Å². The summed E-state index contributed by atoms with van der Waals surface area (Å²) in [6.07, 6.45) is 4.89. The Hall–Kier alpha value is -4.04. The molecule has 8 heteroatoms. The number of rotatable bonds is 6. The zero-order valence-electron chi connectivity index (χ0n) is 18.5. The number of benzene rings is 2. The van der Waals surface area contributed by atoms with Crippen molar-refractivity contribution in [1.29, 1.82) is 0 Å². The number of fused-ring (bicyclic) bond motifs is 1. The lowest BCUT2D eigenvalue weighted by molar-refractivity contribution is 0.299. The number of aliphatic hydroxyl groups excluding tert-OH is 1. The van der Waals surface area contributed by atoms with Crippen LogP contribution in [-0.4, -0.2) is 26.2 Å². The van der Waals surface area contributed by atoms with Crippen molar-refractivity contribution in [3.8, 4) is 16.9 Å². The van der Waals surface area contributed by atoms with Gasteiger partial charge in [-0.15, -0.1) is 0 Å². The van der Waals surface area contributed by atoms with E-state index in [1.54, 1.807) is 6.07 Å². The molecule has 1 aliphatic rings. The number of nitrogens with one attached hydrogen (secondary N) is 1. The smallest absolute Gasteiger partial charge is 0.354 e. The molecule has 4 aromatic rings. The molecule has 0 saturated carbocycles. The Kier molecular flexibility index (Phi) is 5.81. The summed E-state index contributed by atoms with van der Waals surface area (Å²) < 4.78 is 15.9. The highest BCUT2D eigenvalue weighted by molar-refractivity contribution is 5.73. The number of nitrogen functional groups attached to an aromatic ring is 1. The van der Waals surface area contributed by atoms with Crippen molar-refractivity contribution in [2.75, 3.05) is 17.7 Å². The molecule has 7 nitrogen and oxygen atoms in total. The van der Waals surface area contributed by atoms with Gasteiger partial charge in [0, 0.05) is 35.4 Å². The van der Waals surface area contributed by atoms with Crippen LogP contribution in [0.5, 0.6) is 0 Å². The summed E-state index contributed by atoms with van der Waals surface area (Å²) in [5, 5.41) is 12.6. The SMILES string of the molecule is Nc1ccn(-c2cc(F)cc(-c3cc(Nc4ccc(CCO)cc4)c4c(n3)CCC4)c2)c(=O)n1. The Morgan fingerprint density at radius 1 is 1.06 bits per heavy atom. The quantitative estimate of drug-likeness (QED) is 0.407. The average molecular weight is 458 g/mol. The number of anilines is 3. The number of aliphatic hydroxyl groups is 1. The molecule has 4 N–H and O–H groups in total. The van der Waals surface area contributed by atoms with Crippen LogP contribution in [-0.2, 0) is 19.3 Å². The van der Waals surface area contributed by atoms with Crippen LogP contribution in [0, 0.1) is 5.82 Å².